The van der Waals surface area contributed by atoms with E-state index >= 15 is 0 Å². The van der Waals surface area contributed by atoms with Gasteiger partial charge in [-0.25, -0.2) is 0 Å². The van der Waals surface area contributed by atoms with Gasteiger partial charge in [-0.3, -0.25) is 9.89 Å². The summed E-state index contributed by atoms with van der Waals surface area (Å²) < 4.78 is 11.6. The number of nitrogens with zero attached hydrogens (tertiary/aromatic N) is 2. The second kappa shape index (κ2) is 8.43. The molecular formula is C24H26N4O3. The van der Waals surface area contributed by atoms with Crippen molar-refractivity contribution in [3.8, 4) is 17.0 Å². The molecule has 2 aromatic carbocycles. The Bertz CT molecular complexity index is 1070. The number of benzene rings is 2. The molecular weight excluding hydrogens is 392 g/mol. The van der Waals surface area contributed by atoms with Gasteiger partial charge in [0.05, 0.1) is 18.9 Å². The molecule has 1 atom stereocenters. The van der Waals surface area contributed by atoms with Crippen molar-refractivity contribution >= 4 is 17.3 Å². The maximum absolute atomic E-state index is 12.9. The largest absolute Gasteiger partial charge is 0.480 e. The number of carbonyl (C=O) groups is 1. The molecule has 2 N–H and O–H groups in total. The van der Waals surface area contributed by atoms with Gasteiger partial charge in [-0.15, -0.1) is 0 Å². The number of hydrogen-bond acceptors (Lipinski definition) is 5. The van der Waals surface area contributed by atoms with Crippen LogP contribution in [0.2, 0.25) is 0 Å². The molecule has 0 spiro atoms. The smallest absolute Gasteiger partial charge is 0.265 e. The molecule has 160 valence electrons. The fourth-order valence-electron chi connectivity index (χ4n) is 4.15. The van der Waals surface area contributed by atoms with Crippen molar-refractivity contribution in [2.45, 2.75) is 25.9 Å². The van der Waals surface area contributed by atoms with Crippen molar-refractivity contribution in [1.29, 1.82) is 0 Å². The molecule has 3 heterocycles. The molecule has 5 rings (SSSR count). The van der Waals surface area contributed by atoms with E-state index in [-0.39, 0.29) is 5.91 Å². The van der Waals surface area contributed by atoms with Crippen LogP contribution in [0.25, 0.3) is 11.3 Å². The van der Waals surface area contributed by atoms with Crippen LogP contribution in [-0.4, -0.2) is 48.5 Å². The third-order valence-electron chi connectivity index (χ3n) is 5.82. The first-order chi connectivity index (χ1) is 15.2. The summed E-state index contributed by atoms with van der Waals surface area (Å²) in [5.74, 6) is 0.626. The third kappa shape index (κ3) is 4.14. The number of morpholine rings is 1. The van der Waals surface area contributed by atoms with E-state index in [2.05, 4.69) is 26.5 Å². The van der Waals surface area contributed by atoms with E-state index < -0.39 is 6.10 Å². The normalized spacial score (nSPS) is 18.2. The van der Waals surface area contributed by atoms with Gasteiger partial charge in [0.2, 0.25) is 0 Å². The molecule has 2 aliphatic heterocycles. The summed E-state index contributed by atoms with van der Waals surface area (Å²) in [6, 6.07) is 16.0. The van der Waals surface area contributed by atoms with Crippen LogP contribution in [0.3, 0.4) is 0 Å². The number of rotatable bonds is 4. The summed E-state index contributed by atoms with van der Waals surface area (Å²) in [6.45, 7) is 5.24. The third-order valence-corrected chi connectivity index (χ3v) is 5.82. The van der Waals surface area contributed by atoms with Crippen molar-refractivity contribution in [3.05, 3.63) is 59.8 Å². The summed E-state index contributed by atoms with van der Waals surface area (Å²) in [6.07, 6.45) is 0.904. The Morgan fingerprint density at radius 1 is 1.16 bits per heavy atom. The zero-order chi connectivity index (χ0) is 21.2. The minimum atomic E-state index is -0.535. The monoisotopic (exact) mass is 418 g/mol. The molecule has 0 aliphatic carbocycles. The Hall–Kier alpha value is -3.32. The summed E-state index contributed by atoms with van der Waals surface area (Å²) in [5.41, 5.74) is 5.74. The molecule has 1 unspecified atom stereocenters. The highest BCUT2D eigenvalue weighted by Crippen LogP contribution is 2.37. The topological polar surface area (TPSA) is 79.5 Å². The van der Waals surface area contributed by atoms with Gasteiger partial charge < -0.3 is 19.7 Å². The van der Waals surface area contributed by atoms with Crippen LogP contribution < -0.4 is 15.0 Å². The average Bonchev–Trinajstić information content (AvgIpc) is 3.25. The number of aromatic nitrogens is 2. The van der Waals surface area contributed by atoms with E-state index in [4.69, 9.17) is 9.47 Å². The first-order valence-corrected chi connectivity index (χ1v) is 10.7. The molecule has 0 saturated carbocycles. The Balaban J connectivity index is 1.28. The number of amides is 1. The van der Waals surface area contributed by atoms with Gasteiger partial charge in [-0.05, 0) is 61.7 Å². The van der Waals surface area contributed by atoms with E-state index in [9.17, 15) is 4.79 Å². The lowest BCUT2D eigenvalue weighted by atomic mass is 9.97. The van der Waals surface area contributed by atoms with Crippen molar-refractivity contribution in [3.63, 3.8) is 0 Å². The van der Waals surface area contributed by atoms with Crippen LogP contribution in [-0.2, 0) is 16.0 Å². The van der Waals surface area contributed by atoms with Gasteiger partial charge in [0, 0.05) is 35.7 Å². The molecule has 2 aliphatic rings. The maximum Gasteiger partial charge on any atom is 0.265 e. The SMILES string of the molecule is Cc1cc(-c2cccc3c2OC(C(=O)Nc2ccc(N4CCOCC4)cc2)CC3)n[nH]1. The number of carbonyl (C=O) groups excluding carboxylic acids is 1. The molecule has 1 amide bonds. The minimum Gasteiger partial charge on any atom is -0.480 e. The quantitative estimate of drug-likeness (QED) is 0.677. The molecule has 1 aromatic heterocycles. The number of H-pyrrole nitrogens is 1. The molecule has 1 saturated heterocycles. The lowest BCUT2D eigenvalue weighted by Gasteiger charge is -2.29. The number of aryl methyl sites for hydroxylation is 2. The summed E-state index contributed by atoms with van der Waals surface area (Å²) in [4.78, 5) is 15.2. The predicted molar refractivity (Wildman–Crippen MR) is 120 cm³/mol. The first-order valence-electron chi connectivity index (χ1n) is 10.7. The summed E-state index contributed by atoms with van der Waals surface area (Å²) in [5, 5.41) is 10.3. The van der Waals surface area contributed by atoms with Crippen molar-refractivity contribution < 1.29 is 14.3 Å². The minimum absolute atomic E-state index is 0.127. The zero-order valence-corrected chi connectivity index (χ0v) is 17.6. The van der Waals surface area contributed by atoms with Gasteiger partial charge in [0.1, 0.15) is 5.75 Å². The standard InChI is InChI=1S/C24H26N4O3/c1-16-15-21(27-26-16)20-4-2-3-17-5-10-22(31-23(17)20)24(29)25-18-6-8-19(9-7-18)28-11-13-30-14-12-28/h2-4,6-9,15,22H,5,10-14H2,1H3,(H,25,29)(H,26,27). The molecule has 31 heavy (non-hydrogen) atoms. The number of ether oxygens (including phenoxy) is 2. The molecule has 0 bridgehead atoms. The van der Waals surface area contributed by atoms with E-state index in [1.54, 1.807) is 0 Å². The number of para-hydroxylation sites is 1. The van der Waals surface area contributed by atoms with Crippen LogP contribution in [0.1, 0.15) is 17.7 Å². The van der Waals surface area contributed by atoms with E-state index in [0.717, 1.165) is 72.4 Å². The molecule has 0 radical (unpaired) electrons. The molecule has 7 heteroatoms. The molecule has 7 nitrogen and oxygen atoms in total. The second-order valence-corrected chi connectivity index (χ2v) is 8.01. The van der Waals surface area contributed by atoms with Crippen LogP contribution in [0.5, 0.6) is 5.75 Å². The highest BCUT2D eigenvalue weighted by molar-refractivity contribution is 5.95. The Morgan fingerprint density at radius 2 is 1.97 bits per heavy atom. The number of nitrogens with one attached hydrogen (secondary N) is 2. The molecule has 3 aromatic rings. The van der Waals surface area contributed by atoms with Crippen LogP contribution in [0.15, 0.2) is 48.5 Å². The lowest BCUT2D eigenvalue weighted by molar-refractivity contribution is -0.123. The number of hydrogen-bond donors (Lipinski definition) is 2. The van der Waals surface area contributed by atoms with Crippen molar-refractivity contribution in [1.82, 2.24) is 10.2 Å². The van der Waals surface area contributed by atoms with E-state index in [1.165, 1.54) is 0 Å². The highest BCUT2D eigenvalue weighted by atomic mass is 16.5. The Labute approximate surface area is 181 Å². The van der Waals surface area contributed by atoms with Crippen LogP contribution in [0, 0.1) is 6.92 Å². The number of anilines is 2. The van der Waals surface area contributed by atoms with Gasteiger partial charge >= 0.3 is 0 Å². The average molecular weight is 418 g/mol. The zero-order valence-electron chi connectivity index (χ0n) is 17.6. The maximum atomic E-state index is 12.9. The second-order valence-electron chi connectivity index (χ2n) is 8.01. The van der Waals surface area contributed by atoms with Gasteiger partial charge in [-0.1, -0.05) is 12.1 Å². The predicted octanol–water partition coefficient (Wildman–Crippen LogP) is 3.55. The fraction of sp³-hybridized carbons (Fsp3) is 0.333. The van der Waals surface area contributed by atoms with Gasteiger partial charge in [-0.2, -0.15) is 5.10 Å². The van der Waals surface area contributed by atoms with E-state index in [0.29, 0.717) is 6.42 Å². The Kier molecular flexibility index (Phi) is 5.34. The van der Waals surface area contributed by atoms with Crippen LogP contribution in [0.4, 0.5) is 11.4 Å². The summed E-state index contributed by atoms with van der Waals surface area (Å²) in [7, 11) is 0. The van der Waals surface area contributed by atoms with E-state index in [1.807, 2.05) is 49.4 Å². The first kappa shape index (κ1) is 19.6. The van der Waals surface area contributed by atoms with Crippen molar-refractivity contribution in [2.75, 3.05) is 36.5 Å². The van der Waals surface area contributed by atoms with Gasteiger partial charge in [0.25, 0.3) is 5.91 Å². The fourth-order valence-corrected chi connectivity index (χ4v) is 4.15. The lowest BCUT2D eigenvalue weighted by Crippen LogP contribution is -2.36. The highest BCUT2D eigenvalue weighted by Gasteiger charge is 2.28. The summed E-state index contributed by atoms with van der Waals surface area (Å²) >= 11 is 0. The van der Waals surface area contributed by atoms with Crippen molar-refractivity contribution in [2.24, 2.45) is 0 Å². The number of aromatic amines is 1. The van der Waals surface area contributed by atoms with Gasteiger partial charge in [0.15, 0.2) is 6.10 Å². The number of fused-ring (bicyclic) bond motifs is 1. The van der Waals surface area contributed by atoms with Crippen LogP contribution >= 0.6 is 0 Å². The molecule has 1 fully saturated rings. The Morgan fingerprint density at radius 3 is 2.71 bits per heavy atom.